The molecule has 1 aliphatic heterocycles. The van der Waals surface area contributed by atoms with Crippen molar-refractivity contribution in [2.45, 2.75) is 33.2 Å². The molecule has 1 heterocycles. The normalized spacial score (nSPS) is 24.3. The van der Waals surface area contributed by atoms with Gasteiger partial charge in [0, 0.05) is 25.7 Å². The summed E-state index contributed by atoms with van der Waals surface area (Å²) in [5.41, 5.74) is 5.23. The van der Waals surface area contributed by atoms with Crippen molar-refractivity contribution in [1.29, 1.82) is 0 Å². The van der Waals surface area contributed by atoms with Crippen LogP contribution in [0.3, 0.4) is 0 Å². The molecule has 0 aromatic heterocycles. The maximum absolute atomic E-state index is 12.3. The van der Waals surface area contributed by atoms with Crippen molar-refractivity contribution in [3.05, 3.63) is 0 Å². The SMILES string of the molecule is CC1CN(C)CCCN1C(=O)C(C)(C)CN. The molecular formula is C12H25N3O. The third kappa shape index (κ3) is 2.95. The molecule has 1 unspecified atom stereocenters. The van der Waals surface area contributed by atoms with E-state index in [1.54, 1.807) is 0 Å². The highest BCUT2D eigenvalue weighted by atomic mass is 16.2. The average molecular weight is 227 g/mol. The molecule has 0 aromatic carbocycles. The van der Waals surface area contributed by atoms with Gasteiger partial charge in [-0.25, -0.2) is 0 Å². The Morgan fingerprint density at radius 1 is 1.44 bits per heavy atom. The molecule has 1 aliphatic rings. The highest BCUT2D eigenvalue weighted by Crippen LogP contribution is 2.20. The maximum Gasteiger partial charge on any atom is 0.229 e. The molecular weight excluding hydrogens is 202 g/mol. The summed E-state index contributed by atoms with van der Waals surface area (Å²) in [7, 11) is 2.11. The van der Waals surface area contributed by atoms with Crippen LogP contribution >= 0.6 is 0 Å². The van der Waals surface area contributed by atoms with E-state index in [9.17, 15) is 4.79 Å². The van der Waals surface area contributed by atoms with Crippen LogP contribution in [0.5, 0.6) is 0 Å². The summed E-state index contributed by atoms with van der Waals surface area (Å²) in [6.45, 7) is 9.25. The first-order valence-electron chi connectivity index (χ1n) is 6.08. The number of nitrogens with two attached hydrogens (primary N) is 1. The molecule has 16 heavy (non-hydrogen) atoms. The van der Waals surface area contributed by atoms with Crippen molar-refractivity contribution in [2.24, 2.45) is 11.1 Å². The van der Waals surface area contributed by atoms with Gasteiger partial charge in [-0.15, -0.1) is 0 Å². The third-order valence-corrected chi connectivity index (χ3v) is 3.40. The second-order valence-corrected chi connectivity index (χ2v) is 5.55. The van der Waals surface area contributed by atoms with Gasteiger partial charge in [-0.05, 0) is 40.8 Å². The minimum absolute atomic E-state index is 0.192. The Hall–Kier alpha value is -0.610. The Bertz CT molecular complexity index is 253. The van der Waals surface area contributed by atoms with Gasteiger partial charge < -0.3 is 15.5 Å². The number of amides is 1. The van der Waals surface area contributed by atoms with E-state index in [0.29, 0.717) is 6.54 Å². The zero-order valence-corrected chi connectivity index (χ0v) is 11.0. The highest BCUT2D eigenvalue weighted by Gasteiger charge is 2.34. The van der Waals surface area contributed by atoms with Crippen LogP contribution in [0.2, 0.25) is 0 Å². The summed E-state index contributed by atoms with van der Waals surface area (Å²) < 4.78 is 0. The average Bonchev–Trinajstić information content (AvgIpc) is 2.38. The van der Waals surface area contributed by atoms with Crippen LogP contribution < -0.4 is 5.73 Å². The van der Waals surface area contributed by atoms with E-state index in [0.717, 1.165) is 26.1 Å². The van der Waals surface area contributed by atoms with Crippen LogP contribution in [0.1, 0.15) is 27.2 Å². The van der Waals surface area contributed by atoms with E-state index < -0.39 is 5.41 Å². The monoisotopic (exact) mass is 227 g/mol. The van der Waals surface area contributed by atoms with E-state index in [1.165, 1.54) is 0 Å². The number of carbonyl (C=O) groups is 1. The van der Waals surface area contributed by atoms with Gasteiger partial charge in [0.15, 0.2) is 0 Å². The maximum atomic E-state index is 12.3. The molecule has 1 amide bonds. The summed E-state index contributed by atoms with van der Waals surface area (Å²) in [5, 5.41) is 0. The Labute approximate surface area is 98.8 Å². The Morgan fingerprint density at radius 3 is 2.62 bits per heavy atom. The lowest BCUT2D eigenvalue weighted by molar-refractivity contribution is -0.141. The predicted molar refractivity (Wildman–Crippen MR) is 66.1 cm³/mol. The van der Waals surface area contributed by atoms with Crippen LogP contribution in [0.25, 0.3) is 0 Å². The van der Waals surface area contributed by atoms with Gasteiger partial charge in [0.25, 0.3) is 0 Å². The van der Waals surface area contributed by atoms with Crippen molar-refractivity contribution in [3.8, 4) is 0 Å². The lowest BCUT2D eigenvalue weighted by Gasteiger charge is -2.34. The topological polar surface area (TPSA) is 49.6 Å². The molecule has 0 aliphatic carbocycles. The molecule has 94 valence electrons. The van der Waals surface area contributed by atoms with E-state index in [-0.39, 0.29) is 11.9 Å². The lowest BCUT2D eigenvalue weighted by atomic mass is 9.91. The van der Waals surface area contributed by atoms with Crippen molar-refractivity contribution in [2.75, 3.05) is 33.2 Å². The molecule has 4 heteroatoms. The van der Waals surface area contributed by atoms with Crippen LogP contribution in [0, 0.1) is 5.41 Å². The van der Waals surface area contributed by atoms with Gasteiger partial charge in [0.05, 0.1) is 5.41 Å². The van der Waals surface area contributed by atoms with Crippen LogP contribution in [0.4, 0.5) is 0 Å². The van der Waals surface area contributed by atoms with Gasteiger partial charge in [0.2, 0.25) is 5.91 Å². The molecule has 0 aromatic rings. The summed E-state index contributed by atoms with van der Waals surface area (Å²) in [4.78, 5) is 16.6. The zero-order chi connectivity index (χ0) is 12.3. The van der Waals surface area contributed by atoms with E-state index >= 15 is 0 Å². The van der Waals surface area contributed by atoms with Gasteiger partial charge in [0.1, 0.15) is 0 Å². The minimum atomic E-state index is -0.433. The third-order valence-electron chi connectivity index (χ3n) is 3.40. The molecule has 0 bridgehead atoms. The number of carbonyl (C=O) groups excluding carboxylic acids is 1. The molecule has 1 saturated heterocycles. The summed E-state index contributed by atoms with van der Waals surface area (Å²) in [5.74, 6) is 0.192. The van der Waals surface area contributed by atoms with E-state index in [1.807, 2.05) is 18.7 Å². The van der Waals surface area contributed by atoms with Crippen molar-refractivity contribution >= 4 is 5.91 Å². The number of hydrogen-bond donors (Lipinski definition) is 1. The molecule has 0 spiro atoms. The Morgan fingerprint density at radius 2 is 2.06 bits per heavy atom. The number of nitrogens with zero attached hydrogens (tertiary/aromatic N) is 2. The summed E-state index contributed by atoms with van der Waals surface area (Å²) in [6.07, 6.45) is 1.05. The first-order chi connectivity index (χ1) is 7.38. The molecule has 0 radical (unpaired) electrons. The van der Waals surface area contributed by atoms with Gasteiger partial charge in [-0.1, -0.05) is 0 Å². The molecule has 2 N–H and O–H groups in total. The molecule has 0 saturated carbocycles. The standard InChI is InChI=1S/C12H25N3O/c1-10-8-14(4)6-5-7-15(10)11(16)12(2,3)9-13/h10H,5-9,13H2,1-4H3. The Balaban J connectivity index is 2.74. The molecule has 4 nitrogen and oxygen atoms in total. The molecule has 1 fully saturated rings. The Kier molecular flexibility index (Phi) is 4.33. The number of likely N-dealkylation sites (N-methyl/N-ethyl adjacent to an activating group) is 1. The van der Waals surface area contributed by atoms with Gasteiger partial charge in [-0.2, -0.15) is 0 Å². The number of hydrogen-bond acceptors (Lipinski definition) is 3. The molecule has 1 rings (SSSR count). The highest BCUT2D eigenvalue weighted by molar-refractivity contribution is 5.82. The minimum Gasteiger partial charge on any atom is -0.338 e. The van der Waals surface area contributed by atoms with Crippen LogP contribution in [0.15, 0.2) is 0 Å². The predicted octanol–water partition coefficient (Wildman–Crippen LogP) is 0.524. The molecule has 1 atom stereocenters. The van der Waals surface area contributed by atoms with Crippen molar-refractivity contribution in [1.82, 2.24) is 9.80 Å². The first kappa shape index (κ1) is 13.5. The first-order valence-corrected chi connectivity index (χ1v) is 6.08. The quantitative estimate of drug-likeness (QED) is 0.748. The van der Waals surface area contributed by atoms with Gasteiger partial charge >= 0.3 is 0 Å². The second kappa shape index (κ2) is 5.15. The fourth-order valence-corrected chi connectivity index (χ4v) is 2.15. The zero-order valence-electron chi connectivity index (χ0n) is 11.0. The smallest absolute Gasteiger partial charge is 0.229 e. The van der Waals surface area contributed by atoms with Gasteiger partial charge in [-0.3, -0.25) is 4.79 Å². The second-order valence-electron chi connectivity index (χ2n) is 5.55. The lowest BCUT2D eigenvalue weighted by Crippen LogP contribution is -2.49. The summed E-state index contributed by atoms with van der Waals surface area (Å²) >= 11 is 0. The van der Waals surface area contributed by atoms with Crippen LogP contribution in [-0.4, -0.2) is 55.0 Å². The fraction of sp³-hybridized carbons (Fsp3) is 0.917. The number of rotatable bonds is 2. The fourth-order valence-electron chi connectivity index (χ4n) is 2.15. The van der Waals surface area contributed by atoms with E-state index in [2.05, 4.69) is 18.9 Å². The van der Waals surface area contributed by atoms with Crippen molar-refractivity contribution < 1.29 is 4.79 Å². The van der Waals surface area contributed by atoms with E-state index in [4.69, 9.17) is 5.73 Å². The summed E-state index contributed by atoms with van der Waals surface area (Å²) in [6, 6.07) is 0.283. The van der Waals surface area contributed by atoms with Crippen LogP contribution in [-0.2, 0) is 4.79 Å². The van der Waals surface area contributed by atoms with Crippen molar-refractivity contribution in [3.63, 3.8) is 0 Å². The largest absolute Gasteiger partial charge is 0.338 e.